The van der Waals surface area contributed by atoms with E-state index in [0.29, 0.717) is 19.3 Å². The standard InChI is InChI=1S/C17H24NO5P/c1-2-3-9-15(24(22)14-10-5-4-8-13(14)19)17(21)23-16(20)12-7-6-11-18-12/h4-5,8,10,12,15,18-19,24H,2-3,6-7,9,11H2,1H3/t12-,15?/m0/s1. The van der Waals surface area contributed by atoms with Gasteiger partial charge in [-0.3, -0.25) is 4.79 Å². The van der Waals surface area contributed by atoms with Crippen molar-refractivity contribution in [3.05, 3.63) is 24.3 Å². The Morgan fingerprint density at radius 2 is 2.17 bits per heavy atom. The van der Waals surface area contributed by atoms with Crippen LogP contribution in [0.3, 0.4) is 0 Å². The zero-order valence-electron chi connectivity index (χ0n) is 13.8. The zero-order chi connectivity index (χ0) is 17.5. The first-order valence-corrected chi connectivity index (χ1v) is 9.84. The summed E-state index contributed by atoms with van der Waals surface area (Å²) in [5.74, 6) is -1.46. The number of carbonyl (C=O) groups excluding carboxylic acids is 2. The van der Waals surface area contributed by atoms with E-state index in [9.17, 15) is 19.3 Å². The van der Waals surface area contributed by atoms with Gasteiger partial charge in [0.25, 0.3) is 0 Å². The third-order valence-corrected chi connectivity index (χ3v) is 6.27. The molecular weight excluding hydrogens is 329 g/mol. The van der Waals surface area contributed by atoms with Gasteiger partial charge in [0.15, 0.2) is 0 Å². The number of phenolic OH excluding ortho intramolecular Hbond substituents is 1. The van der Waals surface area contributed by atoms with Crippen LogP contribution in [0, 0.1) is 0 Å². The Morgan fingerprint density at radius 1 is 1.42 bits per heavy atom. The topological polar surface area (TPSA) is 92.7 Å². The predicted molar refractivity (Wildman–Crippen MR) is 92.2 cm³/mol. The summed E-state index contributed by atoms with van der Waals surface area (Å²) in [7, 11) is -2.62. The van der Waals surface area contributed by atoms with E-state index in [0.717, 1.165) is 19.4 Å². The van der Waals surface area contributed by atoms with Crippen molar-refractivity contribution in [2.24, 2.45) is 0 Å². The average molecular weight is 353 g/mol. The van der Waals surface area contributed by atoms with E-state index in [2.05, 4.69) is 5.32 Å². The Balaban J connectivity index is 2.11. The Morgan fingerprint density at radius 3 is 2.79 bits per heavy atom. The number of esters is 2. The monoisotopic (exact) mass is 353 g/mol. The number of hydrogen-bond donors (Lipinski definition) is 2. The summed E-state index contributed by atoms with van der Waals surface area (Å²) < 4.78 is 17.8. The second kappa shape index (κ2) is 9.00. The average Bonchev–Trinajstić information content (AvgIpc) is 3.10. The summed E-state index contributed by atoms with van der Waals surface area (Å²) in [6, 6.07) is 5.81. The number of aromatic hydroxyl groups is 1. The molecule has 1 fully saturated rings. The number of carbonyl (C=O) groups is 2. The molecule has 6 nitrogen and oxygen atoms in total. The van der Waals surface area contributed by atoms with Gasteiger partial charge >= 0.3 is 11.9 Å². The first-order chi connectivity index (χ1) is 11.5. The third kappa shape index (κ3) is 4.68. The molecule has 1 aliphatic rings. The molecule has 2 unspecified atom stereocenters. The third-order valence-electron chi connectivity index (χ3n) is 4.16. The van der Waals surface area contributed by atoms with Crippen LogP contribution in [0.5, 0.6) is 5.75 Å². The van der Waals surface area contributed by atoms with Crippen LogP contribution in [0.1, 0.15) is 39.0 Å². The van der Waals surface area contributed by atoms with Crippen LogP contribution in [0.25, 0.3) is 0 Å². The summed E-state index contributed by atoms with van der Waals surface area (Å²) >= 11 is 0. The fraction of sp³-hybridized carbons (Fsp3) is 0.529. The highest BCUT2D eigenvalue weighted by Crippen LogP contribution is 2.35. The van der Waals surface area contributed by atoms with Gasteiger partial charge in [-0.05, 0) is 37.9 Å². The number of unbranched alkanes of at least 4 members (excludes halogenated alkanes) is 1. The quantitative estimate of drug-likeness (QED) is 0.442. The van der Waals surface area contributed by atoms with Gasteiger partial charge in [0.05, 0.1) is 5.30 Å². The molecular formula is C17H24NO5P. The summed E-state index contributed by atoms with van der Waals surface area (Å²) in [5, 5.41) is 13.1. The largest absolute Gasteiger partial charge is 0.507 e. The number of para-hydroxylation sites is 1. The van der Waals surface area contributed by atoms with Gasteiger partial charge < -0.3 is 19.7 Å². The molecule has 132 valence electrons. The lowest BCUT2D eigenvalue weighted by Gasteiger charge is -2.17. The van der Waals surface area contributed by atoms with Crippen LogP contribution in [-0.2, 0) is 18.9 Å². The highest BCUT2D eigenvalue weighted by Gasteiger charge is 2.33. The second-order valence-electron chi connectivity index (χ2n) is 5.97. The molecule has 2 N–H and O–H groups in total. The van der Waals surface area contributed by atoms with Crippen LogP contribution in [0.4, 0.5) is 0 Å². The summed E-state index contributed by atoms with van der Waals surface area (Å²) in [4.78, 5) is 24.4. The van der Waals surface area contributed by atoms with Gasteiger partial charge in [0, 0.05) is 0 Å². The van der Waals surface area contributed by atoms with Crippen molar-refractivity contribution < 1.29 is 24.0 Å². The molecule has 24 heavy (non-hydrogen) atoms. The van der Waals surface area contributed by atoms with Crippen LogP contribution in [0.15, 0.2) is 24.3 Å². The zero-order valence-corrected chi connectivity index (χ0v) is 14.8. The van der Waals surface area contributed by atoms with Gasteiger partial charge in [0.1, 0.15) is 25.3 Å². The lowest BCUT2D eigenvalue weighted by Crippen LogP contribution is -2.36. The lowest BCUT2D eigenvalue weighted by atomic mass is 10.2. The predicted octanol–water partition coefficient (Wildman–Crippen LogP) is 1.96. The molecule has 0 spiro atoms. The van der Waals surface area contributed by atoms with Gasteiger partial charge in [-0.2, -0.15) is 0 Å². The molecule has 0 aromatic heterocycles. The highest BCUT2D eigenvalue weighted by atomic mass is 31.1. The molecule has 3 atom stereocenters. The molecule has 1 heterocycles. The van der Waals surface area contributed by atoms with Crippen molar-refractivity contribution in [3.63, 3.8) is 0 Å². The van der Waals surface area contributed by atoms with Crippen molar-refractivity contribution in [1.29, 1.82) is 0 Å². The first-order valence-electron chi connectivity index (χ1n) is 8.35. The van der Waals surface area contributed by atoms with E-state index in [4.69, 9.17) is 4.74 Å². The molecule has 0 bridgehead atoms. The van der Waals surface area contributed by atoms with Crippen molar-refractivity contribution in [2.75, 3.05) is 6.54 Å². The molecule has 1 aromatic rings. The fourth-order valence-electron chi connectivity index (χ4n) is 2.76. The maximum absolute atomic E-state index is 12.8. The van der Waals surface area contributed by atoms with E-state index in [-0.39, 0.29) is 11.1 Å². The SMILES string of the molecule is CCCCC(C(=O)OC(=O)[C@@H]1CCCN1)[PH](=O)c1ccccc1O. The number of phenols is 1. The minimum atomic E-state index is -2.62. The Labute approximate surface area is 142 Å². The Kier molecular flexibility index (Phi) is 7.00. The smallest absolute Gasteiger partial charge is 0.330 e. The van der Waals surface area contributed by atoms with Crippen LogP contribution >= 0.6 is 7.80 Å². The van der Waals surface area contributed by atoms with Gasteiger partial charge in [-0.1, -0.05) is 31.9 Å². The van der Waals surface area contributed by atoms with Gasteiger partial charge in [-0.15, -0.1) is 0 Å². The van der Waals surface area contributed by atoms with Crippen molar-refractivity contribution in [2.45, 2.75) is 50.7 Å². The summed E-state index contributed by atoms with van der Waals surface area (Å²) in [5.41, 5.74) is -0.895. The number of benzene rings is 1. The van der Waals surface area contributed by atoms with E-state index in [1.165, 1.54) is 6.07 Å². The number of nitrogens with one attached hydrogen (secondary N) is 1. The summed E-state index contributed by atoms with van der Waals surface area (Å²) in [6.45, 7) is 2.69. The number of hydrogen-bond acceptors (Lipinski definition) is 6. The Hall–Kier alpha value is -1.65. The second-order valence-corrected chi connectivity index (χ2v) is 7.93. The van der Waals surface area contributed by atoms with E-state index < -0.39 is 31.4 Å². The molecule has 0 aliphatic carbocycles. The van der Waals surface area contributed by atoms with Crippen molar-refractivity contribution in [3.8, 4) is 5.75 Å². The van der Waals surface area contributed by atoms with Crippen LogP contribution < -0.4 is 10.6 Å². The maximum Gasteiger partial charge on any atom is 0.330 e. The van der Waals surface area contributed by atoms with E-state index in [1.807, 2.05) is 6.92 Å². The van der Waals surface area contributed by atoms with E-state index in [1.54, 1.807) is 18.2 Å². The molecule has 0 amide bonds. The molecule has 0 saturated carbocycles. The van der Waals surface area contributed by atoms with Gasteiger partial charge in [0.2, 0.25) is 0 Å². The van der Waals surface area contributed by atoms with Gasteiger partial charge in [-0.25, -0.2) is 4.79 Å². The number of ether oxygens (including phenoxy) is 1. The first kappa shape index (κ1) is 18.7. The Bertz CT molecular complexity index is 613. The molecule has 1 aliphatic heterocycles. The highest BCUT2D eigenvalue weighted by molar-refractivity contribution is 7.55. The summed E-state index contributed by atoms with van der Waals surface area (Å²) in [6.07, 6.45) is 3.40. The lowest BCUT2D eigenvalue weighted by molar-refractivity contribution is -0.160. The fourth-order valence-corrected chi connectivity index (χ4v) is 4.47. The molecule has 7 heteroatoms. The molecule has 2 rings (SSSR count). The molecule has 1 aromatic carbocycles. The van der Waals surface area contributed by atoms with Crippen LogP contribution in [0.2, 0.25) is 0 Å². The molecule has 0 radical (unpaired) electrons. The van der Waals surface area contributed by atoms with Crippen LogP contribution in [-0.4, -0.2) is 35.3 Å². The normalized spacial score (nSPS) is 19.6. The van der Waals surface area contributed by atoms with Crippen molar-refractivity contribution >= 4 is 25.0 Å². The minimum absolute atomic E-state index is 0.0977. The van der Waals surface area contributed by atoms with E-state index >= 15 is 0 Å². The minimum Gasteiger partial charge on any atom is -0.507 e. The maximum atomic E-state index is 12.8. The number of rotatable bonds is 7. The van der Waals surface area contributed by atoms with Crippen molar-refractivity contribution in [1.82, 2.24) is 5.32 Å². The molecule has 1 saturated heterocycles.